The maximum absolute atomic E-state index is 13.2. The number of nitrogens with one attached hydrogen (secondary N) is 1. The summed E-state index contributed by atoms with van der Waals surface area (Å²) in [7, 11) is 1.62. The molecule has 2 aromatic rings. The number of hydrogen-bond donors (Lipinski definition) is 1. The highest BCUT2D eigenvalue weighted by atomic mass is 16.5. The third-order valence-corrected chi connectivity index (χ3v) is 5.13. The molecular weight excluding hydrogens is 340 g/mol. The van der Waals surface area contributed by atoms with Gasteiger partial charge < -0.3 is 15.0 Å². The van der Waals surface area contributed by atoms with E-state index in [4.69, 9.17) is 4.74 Å². The molecule has 0 aliphatic carbocycles. The SMILES string of the molecule is COc1cccc(CNC(=O)[C@]2(C)Cc3ccccc3C(=O)N2C(C)C)c1. The first-order valence-electron chi connectivity index (χ1n) is 9.19. The summed E-state index contributed by atoms with van der Waals surface area (Å²) in [5.41, 5.74) is 1.62. The number of fused-ring (bicyclic) bond motifs is 1. The smallest absolute Gasteiger partial charge is 0.255 e. The standard InChI is InChI=1S/C22H26N2O3/c1-15(2)24-20(25)19-11-6-5-9-17(19)13-22(24,3)21(26)23-14-16-8-7-10-18(12-16)27-4/h5-12,15H,13-14H2,1-4H3,(H,23,26)/t22-/m0/s1. The van der Waals surface area contributed by atoms with Crippen molar-refractivity contribution in [2.75, 3.05) is 7.11 Å². The van der Waals surface area contributed by atoms with Crippen LogP contribution < -0.4 is 10.1 Å². The van der Waals surface area contributed by atoms with Crippen molar-refractivity contribution in [2.24, 2.45) is 0 Å². The van der Waals surface area contributed by atoms with Gasteiger partial charge in [0.25, 0.3) is 5.91 Å². The molecule has 0 spiro atoms. The molecule has 5 nitrogen and oxygen atoms in total. The highest BCUT2D eigenvalue weighted by Gasteiger charge is 2.47. The Labute approximate surface area is 160 Å². The molecule has 142 valence electrons. The summed E-state index contributed by atoms with van der Waals surface area (Å²) >= 11 is 0. The summed E-state index contributed by atoms with van der Waals surface area (Å²) in [4.78, 5) is 28.0. The number of amides is 2. The Kier molecular flexibility index (Phi) is 5.22. The van der Waals surface area contributed by atoms with Crippen LogP contribution in [0.1, 0.15) is 42.3 Å². The molecule has 0 saturated carbocycles. The van der Waals surface area contributed by atoms with Gasteiger partial charge in [-0.05, 0) is 50.1 Å². The van der Waals surface area contributed by atoms with Crippen molar-refractivity contribution in [2.45, 2.75) is 45.3 Å². The van der Waals surface area contributed by atoms with Crippen LogP contribution in [0.5, 0.6) is 5.75 Å². The second kappa shape index (κ2) is 7.43. The largest absolute Gasteiger partial charge is 0.497 e. The van der Waals surface area contributed by atoms with E-state index in [-0.39, 0.29) is 17.9 Å². The molecule has 3 rings (SSSR count). The average Bonchev–Trinajstić information content (AvgIpc) is 2.66. The van der Waals surface area contributed by atoms with E-state index in [1.807, 2.05) is 69.3 Å². The van der Waals surface area contributed by atoms with Crippen molar-refractivity contribution in [1.29, 1.82) is 0 Å². The van der Waals surface area contributed by atoms with E-state index in [9.17, 15) is 9.59 Å². The lowest BCUT2D eigenvalue weighted by molar-refractivity contribution is -0.132. The van der Waals surface area contributed by atoms with Crippen LogP contribution in [0.15, 0.2) is 48.5 Å². The lowest BCUT2D eigenvalue weighted by Crippen LogP contribution is -2.64. The Morgan fingerprint density at radius 1 is 1.22 bits per heavy atom. The summed E-state index contributed by atoms with van der Waals surface area (Å²) in [5.74, 6) is 0.506. The molecule has 1 N–H and O–H groups in total. The molecule has 2 amide bonds. The predicted molar refractivity (Wildman–Crippen MR) is 105 cm³/mol. The van der Waals surface area contributed by atoms with Crippen molar-refractivity contribution in [3.63, 3.8) is 0 Å². The Bertz CT molecular complexity index is 862. The minimum atomic E-state index is -0.932. The summed E-state index contributed by atoms with van der Waals surface area (Å²) in [5, 5.41) is 3.01. The van der Waals surface area contributed by atoms with E-state index in [1.165, 1.54) is 0 Å². The zero-order chi connectivity index (χ0) is 19.6. The van der Waals surface area contributed by atoms with Crippen LogP contribution in [0.4, 0.5) is 0 Å². The number of rotatable bonds is 5. The Balaban J connectivity index is 1.85. The third-order valence-electron chi connectivity index (χ3n) is 5.13. The molecule has 0 bridgehead atoms. The second-order valence-electron chi connectivity index (χ2n) is 7.41. The number of hydrogen-bond acceptors (Lipinski definition) is 3. The van der Waals surface area contributed by atoms with E-state index in [2.05, 4.69) is 5.32 Å². The number of nitrogens with zero attached hydrogens (tertiary/aromatic N) is 1. The van der Waals surface area contributed by atoms with Crippen LogP contribution >= 0.6 is 0 Å². The highest BCUT2D eigenvalue weighted by molar-refractivity contribution is 6.02. The maximum Gasteiger partial charge on any atom is 0.255 e. The normalized spacial score (nSPS) is 19.0. The number of ether oxygens (including phenoxy) is 1. The topological polar surface area (TPSA) is 58.6 Å². The molecular formula is C22H26N2O3. The highest BCUT2D eigenvalue weighted by Crippen LogP contribution is 2.33. The lowest BCUT2D eigenvalue weighted by atomic mass is 9.82. The van der Waals surface area contributed by atoms with Gasteiger partial charge in [0, 0.05) is 24.6 Å². The van der Waals surface area contributed by atoms with Crippen LogP contribution in [0.25, 0.3) is 0 Å². The monoisotopic (exact) mass is 366 g/mol. The average molecular weight is 366 g/mol. The van der Waals surface area contributed by atoms with Gasteiger partial charge >= 0.3 is 0 Å². The van der Waals surface area contributed by atoms with E-state index in [0.29, 0.717) is 18.5 Å². The van der Waals surface area contributed by atoms with Gasteiger partial charge in [-0.3, -0.25) is 9.59 Å². The van der Waals surface area contributed by atoms with Gasteiger partial charge in [0.1, 0.15) is 11.3 Å². The molecule has 27 heavy (non-hydrogen) atoms. The molecule has 1 heterocycles. The van der Waals surface area contributed by atoms with Gasteiger partial charge in [0.15, 0.2) is 0 Å². The summed E-state index contributed by atoms with van der Waals surface area (Å²) in [6.07, 6.45) is 0.497. The Morgan fingerprint density at radius 3 is 2.67 bits per heavy atom. The minimum Gasteiger partial charge on any atom is -0.497 e. The summed E-state index contributed by atoms with van der Waals surface area (Å²) in [6, 6.07) is 15.0. The molecule has 2 aromatic carbocycles. The molecule has 1 aliphatic rings. The fourth-order valence-corrected chi connectivity index (χ4v) is 3.84. The van der Waals surface area contributed by atoms with Gasteiger partial charge in [0.2, 0.25) is 5.91 Å². The first kappa shape index (κ1) is 19.0. The zero-order valence-corrected chi connectivity index (χ0v) is 16.3. The first-order valence-corrected chi connectivity index (χ1v) is 9.19. The van der Waals surface area contributed by atoms with Crippen LogP contribution in [-0.2, 0) is 17.8 Å². The Hall–Kier alpha value is -2.82. The van der Waals surface area contributed by atoms with Crippen molar-refractivity contribution in [3.8, 4) is 5.75 Å². The molecule has 0 saturated heterocycles. The van der Waals surface area contributed by atoms with Crippen molar-refractivity contribution in [3.05, 3.63) is 65.2 Å². The molecule has 5 heteroatoms. The number of carbonyl (C=O) groups is 2. The number of methoxy groups -OCH3 is 1. The van der Waals surface area contributed by atoms with Gasteiger partial charge in [-0.25, -0.2) is 0 Å². The third kappa shape index (κ3) is 3.54. The van der Waals surface area contributed by atoms with Crippen LogP contribution in [0.2, 0.25) is 0 Å². The minimum absolute atomic E-state index is 0.0848. The van der Waals surface area contributed by atoms with Crippen LogP contribution in [-0.4, -0.2) is 35.4 Å². The molecule has 1 aliphatic heterocycles. The number of carbonyl (C=O) groups excluding carboxylic acids is 2. The van der Waals surface area contributed by atoms with E-state index in [1.54, 1.807) is 12.0 Å². The van der Waals surface area contributed by atoms with Gasteiger partial charge in [0.05, 0.1) is 7.11 Å². The van der Waals surface area contributed by atoms with E-state index < -0.39 is 5.54 Å². The number of benzene rings is 2. The second-order valence-corrected chi connectivity index (χ2v) is 7.41. The predicted octanol–water partition coefficient (Wildman–Crippen LogP) is 3.18. The van der Waals surface area contributed by atoms with Crippen LogP contribution in [0, 0.1) is 0 Å². The van der Waals surface area contributed by atoms with Gasteiger partial charge in [-0.15, -0.1) is 0 Å². The van der Waals surface area contributed by atoms with Gasteiger partial charge in [-0.1, -0.05) is 30.3 Å². The fourth-order valence-electron chi connectivity index (χ4n) is 3.84. The van der Waals surface area contributed by atoms with E-state index in [0.717, 1.165) is 16.9 Å². The molecule has 0 unspecified atom stereocenters. The van der Waals surface area contributed by atoms with Crippen LogP contribution in [0.3, 0.4) is 0 Å². The van der Waals surface area contributed by atoms with Gasteiger partial charge in [-0.2, -0.15) is 0 Å². The summed E-state index contributed by atoms with van der Waals surface area (Å²) < 4.78 is 5.23. The zero-order valence-electron chi connectivity index (χ0n) is 16.3. The van der Waals surface area contributed by atoms with Crippen molar-refractivity contribution >= 4 is 11.8 Å². The first-order chi connectivity index (χ1) is 12.9. The van der Waals surface area contributed by atoms with E-state index >= 15 is 0 Å². The van der Waals surface area contributed by atoms with Crippen molar-refractivity contribution in [1.82, 2.24) is 10.2 Å². The lowest BCUT2D eigenvalue weighted by Gasteiger charge is -2.46. The fraction of sp³-hybridized carbons (Fsp3) is 0.364. The maximum atomic E-state index is 13.2. The molecule has 0 fully saturated rings. The molecule has 1 atom stereocenters. The quantitative estimate of drug-likeness (QED) is 0.884. The summed E-state index contributed by atoms with van der Waals surface area (Å²) in [6.45, 7) is 6.12. The molecule has 0 aromatic heterocycles. The molecule has 0 radical (unpaired) electrons. The Morgan fingerprint density at radius 2 is 1.96 bits per heavy atom. The van der Waals surface area contributed by atoms with Crippen molar-refractivity contribution < 1.29 is 14.3 Å².